The van der Waals surface area contributed by atoms with Crippen molar-refractivity contribution in [3.8, 4) is 0 Å². The fraction of sp³-hybridized carbons (Fsp3) is 0.571. The molecule has 0 fully saturated rings. The van der Waals surface area contributed by atoms with Gasteiger partial charge in [-0.05, 0) is 56.1 Å². The number of hydrogen-bond donors (Lipinski definition) is 2. The van der Waals surface area contributed by atoms with Gasteiger partial charge in [0.2, 0.25) is 0 Å². The molecule has 2 N–H and O–H groups in total. The summed E-state index contributed by atoms with van der Waals surface area (Å²) in [5.41, 5.74) is 2.47. The van der Waals surface area contributed by atoms with Crippen molar-refractivity contribution in [2.24, 2.45) is 11.8 Å². The summed E-state index contributed by atoms with van der Waals surface area (Å²) in [6.07, 6.45) is 0. The van der Waals surface area contributed by atoms with Crippen molar-refractivity contribution in [1.82, 2.24) is 5.32 Å². The Morgan fingerprint density at radius 1 is 1.24 bits per heavy atom. The van der Waals surface area contributed by atoms with E-state index in [1.54, 1.807) is 0 Å². The minimum Gasteiger partial charge on any atom is -0.385 e. The highest BCUT2D eigenvalue weighted by Gasteiger charge is 2.11. The maximum absolute atomic E-state index is 3.52. The Labute approximate surface area is 113 Å². The number of aryl methyl sites for hydroxylation is 1. The molecule has 96 valence electrons. The summed E-state index contributed by atoms with van der Waals surface area (Å²) in [7, 11) is 2.01. The van der Waals surface area contributed by atoms with Gasteiger partial charge in [-0.15, -0.1) is 0 Å². The molecule has 0 heterocycles. The van der Waals surface area contributed by atoms with E-state index >= 15 is 0 Å². The van der Waals surface area contributed by atoms with Crippen LogP contribution in [-0.4, -0.2) is 20.1 Å². The first-order valence-corrected chi connectivity index (χ1v) is 6.98. The van der Waals surface area contributed by atoms with Gasteiger partial charge in [-0.3, -0.25) is 0 Å². The van der Waals surface area contributed by atoms with E-state index < -0.39 is 0 Å². The number of rotatable bonds is 6. The highest BCUT2D eigenvalue weighted by atomic mass is 79.9. The van der Waals surface area contributed by atoms with Gasteiger partial charge < -0.3 is 10.6 Å². The first-order chi connectivity index (χ1) is 8.04. The predicted octanol–water partition coefficient (Wildman–Crippen LogP) is 3.66. The fourth-order valence-electron chi connectivity index (χ4n) is 1.81. The molecule has 1 aromatic rings. The molecule has 1 aromatic carbocycles. The molecule has 1 unspecified atom stereocenters. The molecule has 3 heteroatoms. The lowest BCUT2D eigenvalue weighted by atomic mass is 9.95. The van der Waals surface area contributed by atoms with Gasteiger partial charge >= 0.3 is 0 Å². The fourth-order valence-corrected chi connectivity index (χ4v) is 2.06. The second kappa shape index (κ2) is 7.02. The second-order valence-corrected chi connectivity index (χ2v) is 5.76. The lowest BCUT2D eigenvalue weighted by molar-refractivity contribution is 0.390. The lowest BCUT2D eigenvalue weighted by Crippen LogP contribution is -2.29. The first kappa shape index (κ1) is 14.5. The number of anilines is 1. The maximum atomic E-state index is 3.52. The minimum atomic E-state index is 0.656. The topological polar surface area (TPSA) is 24.1 Å². The third kappa shape index (κ3) is 4.68. The summed E-state index contributed by atoms with van der Waals surface area (Å²) in [5, 5.41) is 6.78. The van der Waals surface area contributed by atoms with E-state index in [1.165, 1.54) is 15.7 Å². The Morgan fingerprint density at radius 2 is 1.94 bits per heavy atom. The standard InChI is InChI=1S/C14H23BrN2/c1-10(2)12(8-16-4)9-17-13-5-6-14(15)11(3)7-13/h5-7,10,12,16-17H,8-9H2,1-4H3. The van der Waals surface area contributed by atoms with Crippen LogP contribution in [0.25, 0.3) is 0 Å². The van der Waals surface area contributed by atoms with E-state index in [-0.39, 0.29) is 0 Å². The molecule has 0 aliphatic carbocycles. The van der Waals surface area contributed by atoms with Gasteiger partial charge in [0.25, 0.3) is 0 Å². The van der Waals surface area contributed by atoms with Crippen LogP contribution in [-0.2, 0) is 0 Å². The van der Waals surface area contributed by atoms with Crippen LogP contribution in [0.2, 0.25) is 0 Å². The molecule has 0 aliphatic heterocycles. The van der Waals surface area contributed by atoms with Gasteiger partial charge in [-0.1, -0.05) is 29.8 Å². The smallest absolute Gasteiger partial charge is 0.0343 e. The molecule has 0 saturated heterocycles. The van der Waals surface area contributed by atoms with Crippen LogP contribution in [0.4, 0.5) is 5.69 Å². The highest BCUT2D eigenvalue weighted by molar-refractivity contribution is 9.10. The molecule has 0 radical (unpaired) electrons. The van der Waals surface area contributed by atoms with Crippen molar-refractivity contribution in [3.05, 3.63) is 28.2 Å². The van der Waals surface area contributed by atoms with E-state index in [4.69, 9.17) is 0 Å². The van der Waals surface area contributed by atoms with Crippen molar-refractivity contribution in [2.75, 3.05) is 25.5 Å². The van der Waals surface area contributed by atoms with Crippen molar-refractivity contribution in [2.45, 2.75) is 20.8 Å². The monoisotopic (exact) mass is 298 g/mol. The normalized spacial score (nSPS) is 12.8. The first-order valence-electron chi connectivity index (χ1n) is 6.19. The molecule has 0 saturated carbocycles. The maximum Gasteiger partial charge on any atom is 0.0343 e. The van der Waals surface area contributed by atoms with Crippen LogP contribution < -0.4 is 10.6 Å². The van der Waals surface area contributed by atoms with Crippen LogP contribution in [0.15, 0.2) is 22.7 Å². The van der Waals surface area contributed by atoms with E-state index in [1.807, 2.05) is 7.05 Å². The Kier molecular flexibility index (Phi) is 6.00. The Hall–Kier alpha value is -0.540. The average molecular weight is 299 g/mol. The second-order valence-electron chi connectivity index (χ2n) is 4.91. The summed E-state index contributed by atoms with van der Waals surface area (Å²) < 4.78 is 1.17. The van der Waals surface area contributed by atoms with E-state index in [0.717, 1.165) is 13.1 Å². The van der Waals surface area contributed by atoms with E-state index in [9.17, 15) is 0 Å². The Balaban J connectivity index is 2.56. The quantitative estimate of drug-likeness (QED) is 0.837. The molecular weight excluding hydrogens is 276 g/mol. The van der Waals surface area contributed by atoms with Crippen LogP contribution >= 0.6 is 15.9 Å². The molecule has 1 atom stereocenters. The van der Waals surface area contributed by atoms with Crippen LogP contribution in [0.1, 0.15) is 19.4 Å². The molecule has 0 bridgehead atoms. The number of benzene rings is 1. The van der Waals surface area contributed by atoms with Gasteiger partial charge in [0.05, 0.1) is 0 Å². The molecule has 1 rings (SSSR count). The van der Waals surface area contributed by atoms with Gasteiger partial charge in [-0.2, -0.15) is 0 Å². The third-order valence-electron chi connectivity index (χ3n) is 3.14. The van der Waals surface area contributed by atoms with E-state index in [0.29, 0.717) is 11.8 Å². The van der Waals surface area contributed by atoms with Crippen LogP contribution in [0.5, 0.6) is 0 Å². The molecule has 0 spiro atoms. The molecule has 2 nitrogen and oxygen atoms in total. The predicted molar refractivity (Wildman–Crippen MR) is 79.6 cm³/mol. The largest absolute Gasteiger partial charge is 0.385 e. The summed E-state index contributed by atoms with van der Waals surface area (Å²) in [6.45, 7) is 8.73. The summed E-state index contributed by atoms with van der Waals surface area (Å²) >= 11 is 3.52. The number of halogens is 1. The summed E-state index contributed by atoms with van der Waals surface area (Å²) in [4.78, 5) is 0. The van der Waals surface area contributed by atoms with Crippen molar-refractivity contribution in [3.63, 3.8) is 0 Å². The van der Waals surface area contributed by atoms with E-state index in [2.05, 4.69) is 65.5 Å². The summed E-state index contributed by atoms with van der Waals surface area (Å²) in [5.74, 6) is 1.34. The van der Waals surface area contributed by atoms with Crippen LogP contribution in [0, 0.1) is 18.8 Å². The zero-order chi connectivity index (χ0) is 12.8. The SMILES string of the molecule is CNCC(CNc1ccc(Br)c(C)c1)C(C)C. The molecule has 0 amide bonds. The number of hydrogen-bond acceptors (Lipinski definition) is 2. The van der Waals surface area contributed by atoms with Gasteiger partial charge in [0.15, 0.2) is 0 Å². The zero-order valence-electron chi connectivity index (χ0n) is 11.2. The molecule has 17 heavy (non-hydrogen) atoms. The van der Waals surface area contributed by atoms with Crippen LogP contribution in [0.3, 0.4) is 0 Å². The zero-order valence-corrected chi connectivity index (χ0v) is 12.8. The number of nitrogens with one attached hydrogen (secondary N) is 2. The summed E-state index contributed by atoms with van der Waals surface area (Å²) in [6, 6.07) is 6.40. The Bertz CT molecular complexity index is 350. The van der Waals surface area contributed by atoms with Crippen molar-refractivity contribution >= 4 is 21.6 Å². The van der Waals surface area contributed by atoms with Crippen molar-refractivity contribution < 1.29 is 0 Å². The van der Waals surface area contributed by atoms with Gasteiger partial charge in [0.1, 0.15) is 0 Å². The van der Waals surface area contributed by atoms with Crippen molar-refractivity contribution in [1.29, 1.82) is 0 Å². The minimum absolute atomic E-state index is 0.656. The average Bonchev–Trinajstić information content (AvgIpc) is 2.28. The molecule has 0 aromatic heterocycles. The third-order valence-corrected chi connectivity index (χ3v) is 4.03. The Morgan fingerprint density at radius 3 is 2.47 bits per heavy atom. The highest BCUT2D eigenvalue weighted by Crippen LogP contribution is 2.20. The van der Waals surface area contributed by atoms with Gasteiger partial charge in [-0.25, -0.2) is 0 Å². The molecule has 0 aliphatic rings. The molecular formula is C14H23BrN2. The lowest BCUT2D eigenvalue weighted by Gasteiger charge is -2.21. The van der Waals surface area contributed by atoms with Gasteiger partial charge in [0, 0.05) is 16.7 Å².